The fraction of sp³-hybridized carbons (Fsp3) is 0.450. The first kappa shape index (κ1) is 16.8. The minimum absolute atomic E-state index is 0.00345. The fourth-order valence-corrected chi connectivity index (χ4v) is 4.43. The summed E-state index contributed by atoms with van der Waals surface area (Å²) >= 11 is 0. The summed E-state index contributed by atoms with van der Waals surface area (Å²) in [6.45, 7) is 6.51. The van der Waals surface area contributed by atoms with E-state index < -0.39 is 6.04 Å². The fourth-order valence-electron chi connectivity index (χ4n) is 4.43. The Hall–Kier alpha value is -2.63. The number of aromatic nitrogens is 2. The Balaban J connectivity index is 1.66. The molecule has 1 fully saturated rings. The summed E-state index contributed by atoms with van der Waals surface area (Å²) in [5.74, 6) is 0.796. The summed E-state index contributed by atoms with van der Waals surface area (Å²) in [5, 5.41) is 0. The molecule has 0 radical (unpaired) electrons. The van der Waals surface area contributed by atoms with E-state index in [0.717, 1.165) is 17.1 Å². The molecule has 0 spiro atoms. The molecular formula is C20H24N4O2. The molecule has 2 amide bonds. The number of hydrogen-bond acceptors (Lipinski definition) is 3. The third-order valence-electron chi connectivity index (χ3n) is 5.62. The largest absolute Gasteiger partial charge is 0.336 e. The number of carbonyl (C=O) groups is 2. The van der Waals surface area contributed by atoms with Crippen molar-refractivity contribution in [2.24, 2.45) is 12.5 Å². The summed E-state index contributed by atoms with van der Waals surface area (Å²) in [4.78, 5) is 33.7. The number of hydrogen-bond donors (Lipinski definition) is 0. The van der Waals surface area contributed by atoms with Crippen molar-refractivity contribution >= 4 is 17.5 Å². The number of imidazole rings is 1. The van der Waals surface area contributed by atoms with E-state index in [-0.39, 0.29) is 23.3 Å². The SMILES string of the molecule is CC(=O)N1c2ccccc2C[C@H]1C(=O)N1CC(C)(C)C1c1nccn1C. The zero-order valence-electron chi connectivity index (χ0n) is 15.6. The highest BCUT2D eigenvalue weighted by Crippen LogP contribution is 2.48. The van der Waals surface area contributed by atoms with Crippen LogP contribution in [0.1, 0.15) is 38.2 Å². The summed E-state index contributed by atoms with van der Waals surface area (Å²) < 4.78 is 1.97. The molecule has 0 aliphatic carbocycles. The molecule has 6 nitrogen and oxygen atoms in total. The van der Waals surface area contributed by atoms with Crippen LogP contribution in [-0.4, -0.2) is 38.9 Å². The number of anilines is 1. The van der Waals surface area contributed by atoms with E-state index in [4.69, 9.17) is 0 Å². The summed E-state index contributed by atoms with van der Waals surface area (Å²) in [7, 11) is 1.95. The molecular weight excluding hydrogens is 328 g/mol. The van der Waals surface area contributed by atoms with Crippen molar-refractivity contribution in [2.45, 2.75) is 39.3 Å². The molecule has 6 heteroatoms. The van der Waals surface area contributed by atoms with Crippen molar-refractivity contribution in [2.75, 3.05) is 11.4 Å². The van der Waals surface area contributed by atoms with Crippen LogP contribution in [0.2, 0.25) is 0 Å². The number of aryl methyl sites for hydroxylation is 1. The predicted molar refractivity (Wildman–Crippen MR) is 98.5 cm³/mol. The molecule has 2 aliphatic rings. The van der Waals surface area contributed by atoms with Gasteiger partial charge in [-0.15, -0.1) is 0 Å². The molecule has 2 atom stereocenters. The molecule has 2 aliphatic heterocycles. The average molecular weight is 352 g/mol. The predicted octanol–water partition coefficient (Wildman–Crippen LogP) is 2.31. The van der Waals surface area contributed by atoms with E-state index in [2.05, 4.69) is 18.8 Å². The van der Waals surface area contributed by atoms with E-state index in [1.807, 2.05) is 47.0 Å². The zero-order valence-corrected chi connectivity index (χ0v) is 15.6. The standard InChI is InChI=1S/C20H24N4O2/c1-13(25)24-15-8-6-5-7-14(15)11-16(24)19(26)23-12-20(2,3)17(23)18-21-9-10-22(18)4/h5-10,16-17H,11-12H2,1-4H3/t16-,17?/m0/s1. The minimum Gasteiger partial charge on any atom is -0.336 e. The van der Waals surface area contributed by atoms with Gasteiger partial charge in [-0.05, 0) is 11.6 Å². The molecule has 136 valence electrons. The third-order valence-corrected chi connectivity index (χ3v) is 5.62. The first-order chi connectivity index (χ1) is 12.3. The topological polar surface area (TPSA) is 58.4 Å². The highest BCUT2D eigenvalue weighted by Gasteiger charge is 2.53. The van der Waals surface area contributed by atoms with Crippen LogP contribution in [0.15, 0.2) is 36.7 Å². The van der Waals surface area contributed by atoms with Crippen molar-refractivity contribution in [3.8, 4) is 0 Å². The Morgan fingerprint density at radius 2 is 1.96 bits per heavy atom. The monoisotopic (exact) mass is 352 g/mol. The van der Waals surface area contributed by atoms with E-state index in [0.29, 0.717) is 13.0 Å². The number of likely N-dealkylation sites (tertiary alicyclic amines) is 1. The van der Waals surface area contributed by atoms with Crippen molar-refractivity contribution in [1.82, 2.24) is 14.5 Å². The molecule has 1 saturated heterocycles. The molecule has 1 aromatic heterocycles. The molecule has 4 rings (SSSR count). The van der Waals surface area contributed by atoms with Crippen molar-refractivity contribution in [3.63, 3.8) is 0 Å². The van der Waals surface area contributed by atoms with Crippen molar-refractivity contribution < 1.29 is 9.59 Å². The average Bonchev–Trinajstić information content (AvgIpc) is 3.16. The molecule has 1 aromatic carbocycles. The van der Waals surface area contributed by atoms with E-state index in [9.17, 15) is 9.59 Å². The lowest BCUT2D eigenvalue weighted by Crippen LogP contribution is -2.62. The number of amides is 2. The summed E-state index contributed by atoms with van der Waals surface area (Å²) in [5.41, 5.74) is 1.86. The van der Waals surface area contributed by atoms with Crippen LogP contribution in [0.5, 0.6) is 0 Å². The highest BCUT2D eigenvalue weighted by molar-refractivity contribution is 6.02. The maximum Gasteiger partial charge on any atom is 0.246 e. The number of para-hydroxylation sites is 1. The van der Waals surface area contributed by atoms with Crippen LogP contribution < -0.4 is 4.90 Å². The van der Waals surface area contributed by atoms with Gasteiger partial charge in [-0.1, -0.05) is 32.0 Å². The molecule has 1 unspecified atom stereocenters. The molecule has 0 saturated carbocycles. The van der Waals surface area contributed by atoms with Crippen LogP contribution in [0.25, 0.3) is 0 Å². The van der Waals surface area contributed by atoms with Gasteiger partial charge in [0.1, 0.15) is 11.9 Å². The van der Waals surface area contributed by atoms with Gasteiger partial charge in [-0.3, -0.25) is 14.5 Å². The third kappa shape index (κ3) is 2.35. The Kier molecular flexibility index (Phi) is 3.68. The molecule has 26 heavy (non-hydrogen) atoms. The second-order valence-corrected chi connectivity index (χ2v) is 7.99. The normalized spacial score (nSPS) is 23.5. The highest BCUT2D eigenvalue weighted by atomic mass is 16.2. The van der Waals surface area contributed by atoms with Gasteiger partial charge >= 0.3 is 0 Å². The van der Waals surface area contributed by atoms with Crippen LogP contribution in [0.4, 0.5) is 5.69 Å². The van der Waals surface area contributed by atoms with Crippen LogP contribution >= 0.6 is 0 Å². The first-order valence-electron chi connectivity index (χ1n) is 8.96. The van der Waals surface area contributed by atoms with E-state index in [1.165, 1.54) is 6.92 Å². The van der Waals surface area contributed by atoms with Gasteiger partial charge in [0.15, 0.2) is 0 Å². The van der Waals surface area contributed by atoms with Crippen LogP contribution in [0.3, 0.4) is 0 Å². The molecule has 3 heterocycles. The second-order valence-electron chi connectivity index (χ2n) is 7.99. The number of rotatable bonds is 2. The Bertz CT molecular complexity index is 885. The summed E-state index contributed by atoms with van der Waals surface area (Å²) in [6, 6.07) is 7.23. The lowest BCUT2D eigenvalue weighted by atomic mass is 9.74. The Labute approximate surface area is 153 Å². The smallest absolute Gasteiger partial charge is 0.246 e. The van der Waals surface area contributed by atoms with Crippen molar-refractivity contribution in [3.05, 3.63) is 48.0 Å². The maximum absolute atomic E-state index is 13.4. The van der Waals surface area contributed by atoms with Gasteiger partial charge in [0.25, 0.3) is 0 Å². The van der Waals surface area contributed by atoms with E-state index in [1.54, 1.807) is 11.1 Å². The van der Waals surface area contributed by atoms with Crippen LogP contribution in [-0.2, 0) is 23.1 Å². The summed E-state index contributed by atoms with van der Waals surface area (Å²) in [6.07, 6.45) is 4.23. The van der Waals surface area contributed by atoms with Crippen molar-refractivity contribution in [1.29, 1.82) is 0 Å². The second kappa shape index (κ2) is 5.69. The Morgan fingerprint density at radius 1 is 1.23 bits per heavy atom. The van der Waals surface area contributed by atoms with E-state index >= 15 is 0 Å². The van der Waals surface area contributed by atoms with Crippen LogP contribution in [0, 0.1) is 5.41 Å². The minimum atomic E-state index is -0.469. The zero-order chi connectivity index (χ0) is 18.6. The number of fused-ring (bicyclic) bond motifs is 1. The maximum atomic E-state index is 13.4. The molecule has 2 aromatic rings. The molecule has 0 N–H and O–H groups in total. The lowest BCUT2D eigenvalue weighted by Gasteiger charge is -2.54. The van der Waals surface area contributed by atoms with Gasteiger partial charge in [0, 0.05) is 50.4 Å². The number of carbonyl (C=O) groups excluding carboxylic acids is 2. The van der Waals surface area contributed by atoms with Gasteiger partial charge in [0.2, 0.25) is 11.8 Å². The lowest BCUT2D eigenvalue weighted by molar-refractivity contribution is -0.155. The number of nitrogens with zero attached hydrogens (tertiary/aromatic N) is 4. The Morgan fingerprint density at radius 3 is 2.58 bits per heavy atom. The van der Waals surface area contributed by atoms with Gasteiger partial charge in [-0.2, -0.15) is 0 Å². The van der Waals surface area contributed by atoms with Gasteiger partial charge < -0.3 is 9.47 Å². The van der Waals surface area contributed by atoms with Gasteiger partial charge in [-0.25, -0.2) is 4.98 Å². The quantitative estimate of drug-likeness (QED) is 0.833. The first-order valence-corrected chi connectivity index (χ1v) is 8.96. The molecule has 0 bridgehead atoms. The number of benzene rings is 1. The van der Waals surface area contributed by atoms with Gasteiger partial charge in [0.05, 0.1) is 6.04 Å².